The Labute approximate surface area is 103 Å². The second kappa shape index (κ2) is 4.76. The first kappa shape index (κ1) is 11.3. The van der Waals surface area contributed by atoms with Gasteiger partial charge in [0.05, 0.1) is 5.51 Å². The molecule has 1 aromatic heterocycles. The number of nitrogens with zero attached hydrogens (tertiary/aromatic N) is 1. The summed E-state index contributed by atoms with van der Waals surface area (Å²) in [6, 6.07) is 5.38. The van der Waals surface area contributed by atoms with Crippen molar-refractivity contribution in [2.45, 2.75) is 13.3 Å². The van der Waals surface area contributed by atoms with Crippen LogP contribution in [0.25, 0.3) is 0 Å². The van der Waals surface area contributed by atoms with Crippen LogP contribution in [0.2, 0.25) is 5.02 Å². The molecule has 0 aliphatic rings. The number of carbonyl (C=O) groups is 1. The number of carbonyl (C=O) groups excluding carboxylic acids is 1. The molecule has 0 bridgehead atoms. The van der Waals surface area contributed by atoms with Gasteiger partial charge in [0.15, 0.2) is 5.78 Å². The van der Waals surface area contributed by atoms with Gasteiger partial charge in [-0.3, -0.25) is 9.78 Å². The molecule has 0 unspecified atom stereocenters. The zero-order valence-electron chi connectivity index (χ0n) is 8.74. The maximum Gasteiger partial charge on any atom is 0.168 e. The highest BCUT2D eigenvalue weighted by atomic mass is 35.5. The van der Waals surface area contributed by atoms with Gasteiger partial charge >= 0.3 is 0 Å². The molecular formula is C12H10ClNOS. The van der Waals surface area contributed by atoms with Gasteiger partial charge in [-0.25, -0.2) is 0 Å². The van der Waals surface area contributed by atoms with E-state index in [1.165, 1.54) is 11.3 Å². The highest BCUT2D eigenvalue weighted by Crippen LogP contribution is 2.18. The van der Waals surface area contributed by atoms with Gasteiger partial charge in [-0.1, -0.05) is 17.7 Å². The van der Waals surface area contributed by atoms with Crippen molar-refractivity contribution in [1.82, 2.24) is 4.98 Å². The van der Waals surface area contributed by atoms with Crippen molar-refractivity contribution in [3.63, 3.8) is 0 Å². The second-order valence-corrected chi connectivity index (χ2v) is 4.93. The van der Waals surface area contributed by atoms with Crippen molar-refractivity contribution < 1.29 is 4.79 Å². The van der Waals surface area contributed by atoms with E-state index in [0.717, 1.165) is 10.4 Å². The Morgan fingerprint density at radius 2 is 2.31 bits per heavy atom. The Morgan fingerprint density at radius 3 is 3.00 bits per heavy atom. The number of Topliss-reactive ketones (excluding diaryl/α,β-unsaturated/α-hetero) is 1. The van der Waals surface area contributed by atoms with E-state index < -0.39 is 0 Å². The van der Waals surface area contributed by atoms with Gasteiger partial charge < -0.3 is 0 Å². The first-order chi connectivity index (χ1) is 7.66. The molecule has 1 heterocycles. The second-order valence-electron chi connectivity index (χ2n) is 3.53. The first-order valence-electron chi connectivity index (χ1n) is 4.83. The topological polar surface area (TPSA) is 30.0 Å². The van der Waals surface area contributed by atoms with Gasteiger partial charge in [-0.05, 0) is 24.6 Å². The van der Waals surface area contributed by atoms with Crippen molar-refractivity contribution in [1.29, 1.82) is 0 Å². The van der Waals surface area contributed by atoms with Crippen molar-refractivity contribution in [2.75, 3.05) is 0 Å². The number of thiazole rings is 1. The Balaban J connectivity index is 2.24. The van der Waals surface area contributed by atoms with E-state index in [1.807, 2.05) is 13.0 Å². The van der Waals surface area contributed by atoms with E-state index in [0.29, 0.717) is 17.0 Å². The fourth-order valence-corrected chi connectivity index (χ4v) is 2.24. The van der Waals surface area contributed by atoms with Crippen molar-refractivity contribution in [3.8, 4) is 0 Å². The molecule has 0 aliphatic carbocycles. The number of ketones is 1. The molecule has 82 valence electrons. The molecular weight excluding hydrogens is 242 g/mol. The van der Waals surface area contributed by atoms with E-state index in [9.17, 15) is 4.79 Å². The number of aromatic nitrogens is 1. The average Bonchev–Trinajstić information content (AvgIpc) is 2.74. The lowest BCUT2D eigenvalue weighted by Gasteiger charge is -2.04. The van der Waals surface area contributed by atoms with Crippen molar-refractivity contribution in [2.24, 2.45) is 0 Å². The molecule has 0 amide bonds. The van der Waals surface area contributed by atoms with Crippen LogP contribution in [-0.4, -0.2) is 10.8 Å². The third kappa shape index (κ3) is 2.49. The first-order valence-corrected chi connectivity index (χ1v) is 6.09. The van der Waals surface area contributed by atoms with Crippen LogP contribution in [0.15, 0.2) is 29.9 Å². The smallest absolute Gasteiger partial charge is 0.168 e. The standard InChI is InChI=1S/C12H10ClNOS/c1-8-2-3-9(13)4-11(8)12(15)5-10-6-14-7-16-10/h2-4,6-7H,5H2,1H3. The zero-order valence-corrected chi connectivity index (χ0v) is 10.3. The summed E-state index contributed by atoms with van der Waals surface area (Å²) in [6.45, 7) is 1.91. The molecule has 4 heteroatoms. The predicted octanol–water partition coefficient (Wildman–Crippen LogP) is 3.53. The SMILES string of the molecule is Cc1ccc(Cl)cc1C(=O)Cc1cncs1. The lowest BCUT2D eigenvalue weighted by atomic mass is 10.0. The van der Waals surface area contributed by atoms with Crippen LogP contribution >= 0.6 is 22.9 Å². The number of benzene rings is 1. The summed E-state index contributed by atoms with van der Waals surface area (Å²) in [5, 5.41) is 0.596. The minimum absolute atomic E-state index is 0.0873. The van der Waals surface area contributed by atoms with Crippen molar-refractivity contribution >= 4 is 28.7 Å². The van der Waals surface area contributed by atoms with Crippen LogP contribution in [0.4, 0.5) is 0 Å². The van der Waals surface area contributed by atoms with E-state index in [4.69, 9.17) is 11.6 Å². The lowest BCUT2D eigenvalue weighted by molar-refractivity contribution is 0.0993. The summed E-state index contributed by atoms with van der Waals surface area (Å²) in [5.74, 6) is 0.0873. The fraction of sp³-hybridized carbons (Fsp3) is 0.167. The summed E-state index contributed by atoms with van der Waals surface area (Å²) >= 11 is 7.37. The summed E-state index contributed by atoms with van der Waals surface area (Å²) < 4.78 is 0. The van der Waals surface area contributed by atoms with Crippen LogP contribution in [0.3, 0.4) is 0 Å². The zero-order chi connectivity index (χ0) is 11.5. The van der Waals surface area contributed by atoms with Crippen LogP contribution < -0.4 is 0 Å². The van der Waals surface area contributed by atoms with Crippen molar-refractivity contribution in [3.05, 3.63) is 50.9 Å². The molecule has 0 spiro atoms. The monoisotopic (exact) mass is 251 g/mol. The molecule has 0 saturated heterocycles. The molecule has 0 aliphatic heterocycles. The number of hydrogen-bond donors (Lipinski definition) is 0. The number of aryl methyl sites for hydroxylation is 1. The number of rotatable bonds is 3. The molecule has 2 nitrogen and oxygen atoms in total. The number of hydrogen-bond acceptors (Lipinski definition) is 3. The van der Waals surface area contributed by atoms with Gasteiger partial charge in [0.2, 0.25) is 0 Å². The Kier molecular flexibility index (Phi) is 3.36. The maximum absolute atomic E-state index is 12.0. The molecule has 0 atom stereocenters. The Morgan fingerprint density at radius 1 is 1.50 bits per heavy atom. The van der Waals surface area contributed by atoms with Gasteiger partial charge in [-0.15, -0.1) is 11.3 Å². The third-order valence-electron chi connectivity index (χ3n) is 2.32. The summed E-state index contributed by atoms with van der Waals surface area (Å²) in [4.78, 5) is 16.9. The molecule has 2 aromatic rings. The van der Waals surface area contributed by atoms with Gasteiger partial charge in [0.1, 0.15) is 0 Å². The average molecular weight is 252 g/mol. The Bertz CT molecular complexity index is 508. The molecule has 0 N–H and O–H groups in total. The lowest BCUT2D eigenvalue weighted by Crippen LogP contribution is -2.04. The van der Waals surface area contributed by atoms with E-state index >= 15 is 0 Å². The normalized spacial score (nSPS) is 10.4. The van der Waals surface area contributed by atoms with Gasteiger partial charge in [-0.2, -0.15) is 0 Å². The molecule has 2 rings (SSSR count). The van der Waals surface area contributed by atoms with E-state index in [-0.39, 0.29) is 5.78 Å². The summed E-state index contributed by atoms with van der Waals surface area (Å²) in [5.41, 5.74) is 3.38. The molecule has 16 heavy (non-hydrogen) atoms. The van der Waals surface area contributed by atoms with E-state index in [1.54, 1.807) is 23.8 Å². The maximum atomic E-state index is 12.0. The fourth-order valence-electron chi connectivity index (χ4n) is 1.48. The molecule has 0 radical (unpaired) electrons. The van der Waals surface area contributed by atoms with Gasteiger partial charge in [0, 0.05) is 28.1 Å². The van der Waals surface area contributed by atoms with Crippen LogP contribution in [0.1, 0.15) is 20.8 Å². The molecule has 0 saturated carbocycles. The summed E-state index contributed by atoms with van der Waals surface area (Å²) in [6.07, 6.45) is 2.12. The third-order valence-corrected chi connectivity index (χ3v) is 3.33. The van der Waals surface area contributed by atoms with E-state index in [2.05, 4.69) is 4.98 Å². The molecule has 1 aromatic carbocycles. The largest absolute Gasteiger partial charge is 0.294 e. The van der Waals surface area contributed by atoms with Crippen LogP contribution in [0, 0.1) is 6.92 Å². The van der Waals surface area contributed by atoms with Gasteiger partial charge in [0.25, 0.3) is 0 Å². The minimum Gasteiger partial charge on any atom is -0.294 e. The highest BCUT2D eigenvalue weighted by Gasteiger charge is 2.11. The van der Waals surface area contributed by atoms with Crippen LogP contribution in [0.5, 0.6) is 0 Å². The minimum atomic E-state index is 0.0873. The highest BCUT2D eigenvalue weighted by molar-refractivity contribution is 7.09. The predicted molar refractivity (Wildman–Crippen MR) is 66.3 cm³/mol. The summed E-state index contributed by atoms with van der Waals surface area (Å²) in [7, 11) is 0. The number of halogens is 1. The quantitative estimate of drug-likeness (QED) is 0.781. The Hall–Kier alpha value is -1.19. The molecule has 0 fully saturated rings. The van der Waals surface area contributed by atoms with Crippen LogP contribution in [-0.2, 0) is 6.42 Å².